The van der Waals surface area contributed by atoms with Gasteiger partial charge in [0, 0.05) is 13.8 Å². The number of aliphatic hydroxyl groups is 5. The maximum absolute atomic E-state index is 11.5. The Hall–Kier alpha value is -1.38. The minimum absolute atomic E-state index is 0.0708. The molecule has 9 atom stereocenters. The van der Waals surface area contributed by atoms with Gasteiger partial charge in [0.05, 0.1) is 25.9 Å². The largest absolute Gasteiger partial charge is 0.394 e. The molecule has 12 heteroatoms. The highest BCUT2D eigenvalue weighted by Crippen LogP contribution is 2.27. The Morgan fingerprint density at radius 1 is 0.964 bits per heavy atom. The van der Waals surface area contributed by atoms with Gasteiger partial charge in [-0.05, 0) is 0 Å². The van der Waals surface area contributed by atoms with Crippen molar-refractivity contribution in [1.29, 1.82) is 0 Å². The van der Waals surface area contributed by atoms with Crippen LogP contribution in [0.5, 0.6) is 0 Å². The number of carbonyl (C=O) groups is 2. The molecule has 0 spiro atoms. The molecule has 2 amide bonds. The summed E-state index contributed by atoms with van der Waals surface area (Å²) < 4.78 is 16.6. The van der Waals surface area contributed by atoms with Crippen LogP contribution in [0.2, 0.25) is 0 Å². The molecular weight excluding hydrogens is 380 g/mol. The summed E-state index contributed by atoms with van der Waals surface area (Å²) in [5.41, 5.74) is 0. The zero-order valence-electron chi connectivity index (χ0n) is 15.6. The van der Waals surface area contributed by atoms with Crippen LogP contribution in [0.25, 0.3) is 0 Å². The molecule has 0 bridgehead atoms. The van der Waals surface area contributed by atoms with Crippen LogP contribution >= 0.6 is 0 Å². The second-order valence-corrected chi connectivity index (χ2v) is 6.89. The third kappa shape index (κ3) is 5.15. The summed E-state index contributed by atoms with van der Waals surface area (Å²) in [6.07, 6.45) is -9.06. The number of rotatable bonds is 6. The summed E-state index contributed by atoms with van der Waals surface area (Å²) >= 11 is 0. The van der Waals surface area contributed by atoms with Crippen molar-refractivity contribution in [3.8, 4) is 0 Å². The van der Waals surface area contributed by atoms with E-state index in [2.05, 4.69) is 10.6 Å². The van der Waals surface area contributed by atoms with Crippen molar-refractivity contribution in [2.24, 2.45) is 0 Å². The lowest BCUT2D eigenvalue weighted by atomic mass is 9.95. The van der Waals surface area contributed by atoms with Crippen LogP contribution in [0, 0.1) is 0 Å². The molecule has 28 heavy (non-hydrogen) atoms. The number of nitrogens with one attached hydrogen (secondary N) is 2. The Bertz CT molecular complexity index is 550. The van der Waals surface area contributed by atoms with Gasteiger partial charge in [-0.15, -0.1) is 0 Å². The zero-order valence-corrected chi connectivity index (χ0v) is 15.6. The third-order valence-electron chi connectivity index (χ3n) is 4.71. The molecule has 2 aliphatic heterocycles. The second kappa shape index (κ2) is 9.89. The first-order chi connectivity index (χ1) is 13.2. The summed E-state index contributed by atoms with van der Waals surface area (Å²) in [7, 11) is 0. The van der Waals surface area contributed by atoms with Gasteiger partial charge in [0.25, 0.3) is 0 Å². The van der Waals surface area contributed by atoms with Gasteiger partial charge in [0.15, 0.2) is 6.29 Å². The number of amides is 2. The Labute approximate surface area is 161 Å². The molecule has 0 unspecified atom stereocenters. The van der Waals surface area contributed by atoms with E-state index in [1.807, 2.05) is 0 Å². The Morgan fingerprint density at radius 3 is 2.11 bits per heavy atom. The number of hydrogen-bond donors (Lipinski definition) is 7. The summed E-state index contributed by atoms with van der Waals surface area (Å²) in [5.74, 6) is -0.946. The van der Waals surface area contributed by atoms with E-state index in [0.717, 1.165) is 0 Å². The van der Waals surface area contributed by atoms with Gasteiger partial charge in [-0.3, -0.25) is 9.59 Å². The molecule has 2 rings (SSSR count). The highest BCUT2D eigenvalue weighted by molar-refractivity contribution is 5.73. The van der Waals surface area contributed by atoms with Crippen molar-refractivity contribution in [3.63, 3.8) is 0 Å². The maximum Gasteiger partial charge on any atom is 0.217 e. The Balaban J connectivity index is 2.26. The van der Waals surface area contributed by atoms with Gasteiger partial charge in [-0.25, -0.2) is 0 Å². The Kier molecular flexibility index (Phi) is 8.09. The number of aliphatic hydroxyl groups excluding tert-OH is 5. The van der Waals surface area contributed by atoms with Crippen molar-refractivity contribution in [2.75, 3.05) is 19.8 Å². The van der Waals surface area contributed by atoms with E-state index in [1.54, 1.807) is 0 Å². The average molecular weight is 408 g/mol. The van der Waals surface area contributed by atoms with Crippen molar-refractivity contribution >= 4 is 11.8 Å². The van der Waals surface area contributed by atoms with Crippen LogP contribution < -0.4 is 10.6 Å². The first kappa shape index (κ1) is 22.9. The molecule has 0 saturated carbocycles. The van der Waals surface area contributed by atoms with Gasteiger partial charge in [0.2, 0.25) is 11.8 Å². The summed E-state index contributed by atoms with van der Waals surface area (Å²) in [5, 5.41) is 54.6. The van der Waals surface area contributed by atoms with Gasteiger partial charge in [-0.2, -0.15) is 0 Å². The highest BCUT2D eigenvalue weighted by atomic mass is 16.7. The normalized spacial score (nSPS) is 41.3. The lowest BCUT2D eigenvalue weighted by Crippen LogP contribution is -2.68. The van der Waals surface area contributed by atoms with Crippen LogP contribution in [0.4, 0.5) is 0 Å². The number of hydrogen-bond acceptors (Lipinski definition) is 10. The molecule has 0 aromatic carbocycles. The van der Waals surface area contributed by atoms with E-state index in [1.165, 1.54) is 13.8 Å². The van der Waals surface area contributed by atoms with Crippen LogP contribution in [-0.2, 0) is 23.8 Å². The van der Waals surface area contributed by atoms with Crippen molar-refractivity contribution in [2.45, 2.75) is 68.8 Å². The van der Waals surface area contributed by atoms with Gasteiger partial charge >= 0.3 is 0 Å². The molecule has 0 aromatic rings. The number of ether oxygens (including phenoxy) is 3. The molecule has 162 valence electrons. The zero-order chi connectivity index (χ0) is 21.0. The van der Waals surface area contributed by atoms with Crippen LogP contribution in [0.1, 0.15) is 13.8 Å². The summed E-state index contributed by atoms with van der Waals surface area (Å²) in [6, 6.07) is -2.02. The van der Waals surface area contributed by atoms with E-state index in [0.29, 0.717) is 0 Å². The fourth-order valence-electron chi connectivity index (χ4n) is 3.33. The van der Waals surface area contributed by atoms with Gasteiger partial charge < -0.3 is 50.4 Å². The highest BCUT2D eigenvalue weighted by Gasteiger charge is 2.49. The van der Waals surface area contributed by atoms with Crippen molar-refractivity contribution < 1.29 is 49.3 Å². The fraction of sp³-hybridized carbons (Fsp3) is 0.875. The van der Waals surface area contributed by atoms with Gasteiger partial charge in [0.1, 0.15) is 42.7 Å². The molecule has 7 N–H and O–H groups in total. The van der Waals surface area contributed by atoms with Crippen LogP contribution in [-0.4, -0.2) is 112 Å². The lowest BCUT2D eigenvalue weighted by Gasteiger charge is -2.46. The molecule has 0 radical (unpaired) electrons. The molecular formula is C16H28N2O10. The molecule has 2 heterocycles. The van der Waals surface area contributed by atoms with Crippen LogP contribution in [0.15, 0.2) is 0 Å². The molecule has 0 aliphatic carbocycles. The summed E-state index contributed by atoms with van der Waals surface area (Å²) in [4.78, 5) is 23.0. The second-order valence-electron chi connectivity index (χ2n) is 6.89. The minimum atomic E-state index is -1.52. The topological polar surface area (TPSA) is 187 Å². The Morgan fingerprint density at radius 2 is 1.57 bits per heavy atom. The maximum atomic E-state index is 11.5. The van der Waals surface area contributed by atoms with Crippen molar-refractivity contribution in [1.82, 2.24) is 10.6 Å². The van der Waals surface area contributed by atoms with Gasteiger partial charge in [-0.1, -0.05) is 0 Å². The van der Waals surface area contributed by atoms with E-state index in [9.17, 15) is 35.1 Å². The molecule has 12 nitrogen and oxygen atoms in total. The SMILES string of the molecule is CC(=O)N[C@H]1[C@H](O[C@H]2[C@H](O)[C@@H](CO)OC[C@@H]2NC(C)=O)O[C@H](CO)[C@@H](O)[C@@H]1O. The minimum Gasteiger partial charge on any atom is -0.394 e. The predicted molar refractivity (Wildman–Crippen MR) is 90.7 cm³/mol. The standard InChI is InChI=1S/C16H28N2O10/c1-6(21)17-8-5-26-9(3-19)13(24)15(8)28-16-11(18-7(2)22)14(25)12(23)10(4-20)27-16/h8-16,19-20,23-25H,3-5H2,1-2H3,(H,17,21)(H,18,22)/t8-,9+,10+,11+,12+,13+,14+,15+,16-/m0/s1. The quantitative estimate of drug-likeness (QED) is 0.226. The average Bonchev–Trinajstić information content (AvgIpc) is 2.63. The predicted octanol–water partition coefficient (Wildman–Crippen LogP) is -4.43. The smallest absolute Gasteiger partial charge is 0.217 e. The number of carbonyl (C=O) groups excluding carboxylic acids is 2. The fourth-order valence-corrected chi connectivity index (χ4v) is 3.33. The van der Waals surface area contributed by atoms with E-state index in [4.69, 9.17) is 14.2 Å². The first-order valence-electron chi connectivity index (χ1n) is 8.92. The third-order valence-corrected chi connectivity index (χ3v) is 4.71. The summed E-state index contributed by atoms with van der Waals surface area (Å²) in [6.45, 7) is 1.25. The monoisotopic (exact) mass is 408 g/mol. The van der Waals surface area contributed by atoms with Crippen molar-refractivity contribution in [3.05, 3.63) is 0 Å². The lowest BCUT2D eigenvalue weighted by molar-refractivity contribution is -0.304. The van der Waals surface area contributed by atoms with E-state index in [-0.39, 0.29) is 6.61 Å². The van der Waals surface area contributed by atoms with Crippen LogP contribution in [0.3, 0.4) is 0 Å². The molecule has 2 saturated heterocycles. The molecule has 2 fully saturated rings. The molecule has 0 aromatic heterocycles. The van der Waals surface area contributed by atoms with E-state index >= 15 is 0 Å². The van der Waals surface area contributed by atoms with E-state index < -0.39 is 80.0 Å². The first-order valence-corrected chi connectivity index (χ1v) is 8.92. The molecule has 2 aliphatic rings.